The van der Waals surface area contributed by atoms with Crippen molar-refractivity contribution in [3.63, 3.8) is 0 Å². The Bertz CT molecular complexity index is 1030. The Morgan fingerprint density at radius 3 is 2.76 bits per heavy atom. The van der Waals surface area contributed by atoms with Crippen molar-refractivity contribution in [3.8, 4) is 5.75 Å². The van der Waals surface area contributed by atoms with Gasteiger partial charge in [-0.2, -0.15) is 5.10 Å². The number of carbonyl (C=O) groups is 3. The zero-order valence-corrected chi connectivity index (χ0v) is 18.7. The molecule has 3 rings (SSSR count). The van der Waals surface area contributed by atoms with E-state index in [0.29, 0.717) is 24.5 Å². The highest BCUT2D eigenvalue weighted by Crippen LogP contribution is 2.18. The van der Waals surface area contributed by atoms with Crippen LogP contribution in [0.1, 0.15) is 29.5 Å². The Labute approximate surface area is 192 Å². The van der Waals surface area contributed by atoms with Crippen LogP contribution in [-0.4, -0.2) is 49.8 Å². The summed E-state index contributed by atoms with van der Waals surface area (Å²) in [5.41, 5.74) is 5.66. The highest BCUT2D eigenvalue weighted by molar-refractivity contribution is 6.35. The summed E-state index contributed by atoms with van der Waals surface area (Å²) in [7, 11) is 0. The van der Waals surface area contributed by atoms with E-state index < -0.39 is 11.8 Å². The molecule has 1 saturated heterocycles. The second-order valence-corrected chi connectivity index (χ2v) is 7.70. The number of hydrogen-bond donors (Lipinski definition) is 3. The Morgan fingerprint density at radius 2 is 1.97 bits per heavy atom. The normalized spacial score (nSPS) is 15.3. The first kappa shape index (κ1) is 23.9. The van der Waals surface area contributed by atoms with Crippen LogP contribution in [0.3, 0.4) is 0 Å². The lowest BCUT2D eigenvalue weighted by atomic mass is 10.1. The number of carbonyl (C=O) groups excluding carboxylic acids is 3. The summed E-state index contributed by atoms with van der Waals surface area (Å²) in [5, 5.41) is 9.16. The number of aryl methyl sites for hydroxylation is 1. The third-order valence-corrected chi connectivity index (χ3v) is 5.21. The highest BCUT2D eigenvalue weighted by atomic mass is 16.5. The van der Waals surface area contributed by atoms with Gasteiger partial charge in [0.05, 0.1) is 12.3 Å². The number of rotatable bonds is 8. The van der Waals surface area contributed by atoms with Gasteiger partial charge >= 0.3 is 11.8 Å². The fourth-order valence-electron chi connectivity index (χ4n) is 3.21. The second kappa shape index (κ2) is 11.8. The van der Waals surface area contributed by atoms with Gasteiger partial charge in [-0.15, -0.1) is 0 Å². The summed E-state index contributed by atoms with van der Waals surface area (Å²) in [4.78, 5) is 35.9. The van der Waals surface area contributed by atoms with Gasteiger partial charge in [0, 0.05) is 18.8 Å². The summed E-state index contributed by atoms with van der Waals surface area (Å²) in [6, 6.07) is 12.6. The average Bonchev–Trinajstić information content (AvgIpc) is 3.33. The van der Waals surface area contributed by atoms with Gasteiger partial charge in [-0.25, -0.2) is 5.43 Å². The SMILES string of the molecule is Cc1cccc(NC(=O)COc2cccc(/C=N\NC(=O)C(=O)NC[C@H]3CCCO3)c2)c1C. The summed E-state index contributed by atoms with van der Waals surface area (Å²) >= 11 is 0. The van der Waals surface area contributed by atoms with E-state index in [4.69, 9.17) is 9.47 Å². The molecule has 0 aliphatic carbocycles. The predicted octanol–water partition coefficient (Wildman–Crippen LogP) is 2.07. The number of hydrogen-bond acceptors (Lipinski definition) is 6. The molecule has 33 heavy (non-hydrogen) atoms. The number of benzene rings is 2. The van der Waals surface area contributed by atoms with Crippen molar-refractivity contribution in [2.24, 2.45) is 5.10 Å². The van der Waals surface area contributed by atoms with Crippen LogP contribution < -0.4 is 20.8 Å². The van der Waals surface area contributed by atoms with E-state index >= 15 is 0 Å². The molecule has 174 valence electrons. The lowest BCUT2D eigenvalue weighted by molar-refractivity contribution is -0.139. The van der Waals surface area contributed by atoms with Crippen molar-refractivity contribution in [2.75, 3.05) is 25.1 Å². The first-order valence-electron chi connectivity index (χ1n) is 10.7. The minimum atomic E-state index is -0.861. The van der Waals surface area contributed by atoms with Crippen LogP contribution in [-0.2, 0) is 19.1 Å². The van der Waals surface area contributed by atoms with Gasteiger partial charge in [-0.3, -0.25) is 14.4 Å². The van der Waals surface area contributed by atoms with Gasteiger partial charge in [0.25, 0.3) is 5.91 Å². The average molecular weight is 453 g/mol. The maximum Gasteiger partial charge on any atom is 0.329 e. The molecule has 1 aliphatic heterocycles. The Hall–Kier alpha value is -3.72. The number of nitrogens with one attached hydrogen (secondary N) is 3. The van der Waals surface area contributed by atoms with E-state index in [9.17, 15) is 14.4 Å². The van der Waals surface area contributed by atoms with Crippen LogP contribution in [0.4, 0.5) is 5.69 Å². The fraction of sp³-hybridized carbons (Fsp3) is 0.333. The zero-order valence-electron chi connectivity index (χ0n) is 18.7. The summed E-state index contributed by atoms with van der Waals surface area (Å²) in [6.45, 7) is 4.74. The minimum Gasteiger partial charge on any atom is -0.484 e. The number of ether oxygens (including phenoxy) is 2. The molecule has 0 unspecified atom stereocenters. The Kier molecular flexibility index (Phi) is 8.54. The highest BCUT2D eigenvalue weighted by Gasteiger charge is 2.19. The largest absolute Gasteiger partial charge is 0.484 e. The maximum atomic E-state index is 12.2. The van der Waals surface area contributed by atoms with Crippen molar-refractivity contribution in [1.82, 2.24) is 10.7 Å². The third kappa shape index (κ3) is 7.43. The van der Waals surface area contributed by atoms with E-state index in [0.717, 1.165) is 29.7 Å². The molecule has 1 fully saturated rings. The quantitative estimate of drug-likeness (QED) is 0.322. The number of anilines is 1. The van der Waals surface area contributed by atoms with E-state index in [2.05, 4.69) is 21.2 Å². The first-order valence-corrected chi connectivity index (χ1v) is 10.7. The van der Waals surface area contributed by atoms with Gasteiger partial charge in [0.2, 0.25) is 0 Å². The summed E-state index contributed by atoms with van der Waals surface area (Å²) in [6.07, 6.45) is 3.16. The molecule has 0 saturated carbocycles. The standard InChI is InChI=1S/C24H28N4O5/c1-16-6-3-10-21(17(16)2)27-22(29)15-33-19-8-4-7-18(12-19)13-26-28-24(31)23(30)25-14-20-9-5-11-32-20/h3-4,6-8,10,12-13,20H,5,9,11,14-15H2,1-2H3,(H,25,30)(H,27,29)(H,28,31)/b26-13-/t20-/m1/s1. The van der Waals surface area contributed by atoms with Crippen molar-refractivity contribution < 1.29 is 23.9 Å². The molecule has 3 amide bonds. The molecule has 0 radical (unpaired) electrons. The van der Waals surface area contributed by atoms with Crippen molar-refractivity contribution in [2.45, 2.75) is 32.8 Å². The van der Waals surface area contributed by atoms with Crippen LogP contribution in [0.5, 0.6) is 5.75 Å². The first-order chi connectivity index (χ1) is 15.9. The fourth-order valence-corrected chi connectivity index (χ4v) is 3.21. The molecule has 0 bridgehead atoms. The Morgan fingerprint density at radius 1 is 1.15 bits per heavy atom. The van der Waals surface area contributed by atoms with Crippen molar-refractivity contribution >= 4 is 29.6 Å². The smallest absolute Gasteiger partial charge is 0.329 e. The number of hydrazone groups is 1. The summed E-state index contributed by atoms with van der Waals surface area (Å²) < 4.78 is 11.0. The molecule has 0 spiro atoms. The lowest BCUT2D eigenvalue weighted by Gasteiger charge is -2.11. The van der Waals surface area contributed by atoms with Crippen LogP contribution >= 0.6 is 0 Å². The molecule has 0 aromatic heterocycles. The molecule has 1 aliphatic rings. The molecule has 9 heteroatoms. The van der Waals surface area contributed by atoms with Crippen LogP contribution in [0.2, 0.25) is 0 Å². The molecule has 1 atom stereocenters. The summed E-state index contributed by atoms with van der Waals surface area (Å²) in [5.74, 6) is -1.44. The molecule has 2 aromatic carbocycles. The molecule has 2 aromatic rings. The molecular weight excluding hydrogens is 424 g/mol. The van der Waals surface area contributed by atoms with E-state index in [1.54, 1.807) is 24.3 Å². The van der Waals surface area contributed by atoms with Crippen molar-refractivity contribution in [3.05, 3.63) is 59.2 Å². The van der Waals surface area contributed by atoms with E-state index in [-0.39, 0.29) is 18.6 Å². The minimum absolute atomic E-state index is 0.0455. The monoisotopic (exact) mass is 452 g/mol. The van der Waals surface area contributed by atoms with Gasteiger partial charge < -0.3 is 20.1 Å². The van der Waals surface area contributed by atoms with Gasteiger partial charge in [-0.1, -0.05) is 24.3 Å². The van der Waals surface area contributed by atoms with Gasteiger partial charge in [-0.05, 0) is 61.6 Å². The number of nitrogens with zero attached hydrogens (tertiary/aromatic N) is 1. The Balaban J connectivity index is 1.44. The number of amides is 3. The van der Waals surface area contributed by atoms with E-state index in [1.807, 2.05) is 32.0 Å². The van der Waals surface area contributed by atoms with Crippen LogP contribution in [0.15, 0.2) is 47.6 Å². The second-order valence-electron chi connectivity index (χ2n) is 7.70. The topological polar surface area (TPSA) is 118 Å². The molecular formula is C24H28N4O5. The van der Waals surface area contributed by atoms with Gasteiger partial charge in [0.15, 0.2) is 6.61 Å². The zero-order chi connectivity index (χ0) is 23.6. The third-order valence-electron chi connectivity index (χ3n) is 5.21. The predicted molar refractivity (Wildman–Crippen MR) is 124 cm³/mol. The lowest BCUT2D eigenvalue weighted by Crippen LogP contribution is -2.41. The molecule has 9 nitrogen and oxygen atoms in total. The molecule has 1 heterocycles. The van der Waals surface area contributed by atoms with Crippen LogP contribution in [0, 0.1) is 13.8 Å². The van der Waals surface area contributed by atoms with Crippen LogP contribution in [0.25, 0.3) is 0 Å². The van der Waals surface area contributed by atoms with E-state index in [1.165, 1.54) is 6.21 Å². The molecule has 3 N–H and O–H groups in total. The van der Waals surface area contributed by atoms with Gasteiger partial charge in [0.1, 0.15) is 5.75 Å². The van der Waals surface area contributed by atoms with Crippen molar-refractivity contribution in [1.29, 1.82) is 0 Å². The maximum absolute atomic E-state index is 12.2.